The zero-order valence-corrected chi connectivity index (χ0v) is 12.8. The maximum absolute atomic E-state index is 6.31. The van der Waals surface area contributed by atoms with E-state index in [1.54, 1.807) is 0 Å². The highest BCUT2D eigenvalue weighted by atomic mass is 15.1. The SMILES string of the molecule is CC(C)n1cnc(CC2C3CC4CC(C3)CC2C4)c1N. The quantitative estimate of drug-likeness (QED) is 0.913. The molecule has 0 atom stereocenters. The fourth-order valence-corrected chi connectivity index (χ4v) is 5.57. The van der Waals surface area contributed by atoms with Gasteiger partial charge in [-0.15, -0.1) is 0 Å². The zero-order valence-electron chi connectivity index (χ0n) is 12.8. The van der Waals surface area contributed by atoms with Gasteiger partial charge in [0, 0.05) is 6.04 Å². The van der Waals surface area contributed by atoms with Gasteiger partial charge in [-0.3, -0.25) is 0 Å². The molecule has 4 fully saturated rings. The van der Waals surface area contributed by atoms with Crippen molar-refractivity contribution in [3.8, 4) is 0 Å². The molecule has 4 aliphatic rings. The van der Waals surface area contributed by atoms with Crippen molar-refractivity contribution in [2.75, 3.05) is 5.73 Å². The molecule has 3 heteroatoms. The summed E-state index contributed by atoms with van der Waals surface area (Å²) >= 11 is 0. The van der Waals surface area contributed by atoms with Gasteiger partial charge in [0.2, 0.25) is 0 Å². The predicted molar refractivity (Wildman–Crippen MR) is 81.3 cm³/mol. The minimum Gasteiger partial charge on any atom is -0.384 e. The lowest BCUT2D eigenvalue weighted by molar-refractivity contribution is -0.0362. The molecule has 0 unspecified atom stereocenters. The zero-order chi connectivity index (χ0) is 13.9. The number of nitrogen functional groups attached to an aromatic ring is 1. The molecule has 4 saturated carbocycles. The van der Waals surface area contributed by atoms with Gasteiger partial charge in [-0.2, -0.15) is 0 Å². The Bertz CT molecular complexity index is 474. The van der Waals surface area contributed by atoms with Crippen molar-refractivity contribution < 1.29 is 0 Å². The lowest BCUT2D eigenvalue weighted by atomic mass is 9.51. The molecule has 2 N–H and O–H groups in total. The largest absolute Gasteiger partial charge is 0.384 e. The molecular weight excluding hydrogens is 246 g/mol. The van der Waals surface area contributed by atoms with Crippen molar-refractivity contribution in [3.05, 3.63) is 12.0 Å². The molecule has 3 nitrogen and oxygen atoms in total. The first-order chi connectivity index (χ1) is 9.61. The predicted octanol–water partition coefficient (Wildman–Crippen LogP) is 3.66. The van der Waals surface area contributed by atoms with Crippen LogP contribution in [0.1, 0.15) is 57.7 Å². The van der Waals surface area contributed by atoms with Crippen LogP contribution < -0.4 is 5.73 Å². The van der Waals surface area contributed by atoms with Gasteiger partial charge >= 0.3 is 0 Å². The Morgan fingerprint density at radius 1 is 1.15 bits per heavy atom. The van der Waals surface area contributed by atoms with Gasteiger partial charge in [-0.05, 0) is 82.0 Å². The number of anilines is 1. The highest BCUT2D eigenvalue weighted by Crippen LogP contribution is 2.57. The maximum atomic E-state index is 6.31. The summed E-state index contributed by atoms with van der Waals surface area (Å²) in [5.41, 5.74) is 7.47. The molecule has 0 aromatic carbocycles. The van der Waals surface area contributed by atoms with E-state index >= 15 is 0 Å². The van der Waals surface area contributed by atoms with Crippen LogP contribution in [0.5, 0.6) is 0 Å². The summed E-state index contributed by atoms with van der Waals surface area (Å²) in [6, 6.07) is 0.412. The van der Waals surface area contributed by atoms with E-state index in [0.29, 0.717) is 6.04 Å². The lowest BCUT2D eigenvalue weighted by Crippen LogP contribution is -2.45. The Balaban J connectivity index is 1.55. The van der Waals surface area contributed by atoms with Crippen molar-refractivity contribution in [2.24, 2.45) is 29.6 Å². The van der Waals surface area contributed by atoms with Crippen molar-refractivity contribution in [2.45, 2.75) is 58.4 Å². The molecule has 0 spiro atoms. The third-order valence-corrected chi connectivity index (χ3v) is 6.32. The molecule has 0 amide bonds. The third kappa shape index (κ3) is 1.89. The number of aromatic nitrogens is 2. The molecule has 5 rings (SSSR count). The van der Waals surface area contributed by atoms with E-state index in [4.69, 9.17) is 5.73 Å². The highest BCUT2D eigenvalue weighted by molar-refractivity contribution is 5.37. The van der Waals surface area contributed by atoms with E-state index in [0.717, 1.165) is 47.5 Å². The number of hydrogen-bond acceptors (Lipinski definition) is 2. The van der Waals surface area contributed by atoms with Gasteiger partial charge in [0.05, 0.1) is 12.0 Å². The molecule has 20 heavy (non-hydrogen) atoms. The van der Waals surface area contributed by atoms with Gasteiger partial charge in [-0.25, -0.2) is 4.98 Å². The molecule has 4 aliphatic carbocycles. The van der Waals surface area contributed by atoms with E-state index < -0.39 is 0 Å². The van der Waals surface area contributed by atoms with Crippen LogP contribution in [0.4, 0.5) is 5.82 Å². The van der Waals surface area contributed by atoms with Crippen molar-refractivity contribution >= 4 is 5.82 Å². The molecule has 1 aromatic heterocycles. The summed E-state index contributed by atoms with van der Waals surface area (Å²) in [4.78, 5) is 4.63. The number of hydrogen-bond donors (Lipinski definition) is 1. The number of imidazole rings is 1. The molecule has 0 radical (unpaired) electrons. The summed E-state index contributed by atoms with van der Waals surface area (Å²) in [5, 5.41) is 0. The first kappa shape index (κ1) is 12.7. The van der Waals surface area contributed by atoms with Crippen LogP contribution in [0.25, 0.3) is 0 Å². The molecule has 0 saturated heterocycles. The number of rotatable bonds is 3. The van der Waals surface area contributed by atoms with E-state index in [1.807, 2.05) is 6.33 Å². The highest BCUT2D eigenvalue weighted by Gasteiger charge is 2.48. The Labute approximate surface area is 122 Å². The van der Waals surface area contributed by atoms with E-state index in [-0.39, 0.29) is 0 Å². The molecule has 4 bridgehead atoms. The normalized spacial score (nSPS) is 38.9. The Hall–Kier alpha value is -0.990. The minimum atomic E-state index is 0.412. The van der Waals surface area contributed by atoms with Crippen LogP contribution in [0.2, 0.25) is 0 Å². The van der Waals surface area contributed by atoms with Gasteiger partial charge < -0.3 is 10.3 Å². The second-order valence-electron chi connectivity index (χ2n) is 7.88. The molecule has 1 aromatic rings. The minimum absolute atomic E-state index is 0.412. The van der Waals surface area contributed by atoms with E-state index in [1.165, 1.54) is 32.1 Å². The summed E-state index contributed by atoms with van der Waals surface area (Å²) in [6.07, 6.45) is 10.5. The first-order valence-corrected chi connectivity index (χ1v) is 8.43. The first-order valence-electron chi connectivity index (χ1n) is 8.43. The molecule has 110 valence electrons. The average Bonchev–Trinajstić information content (AvgIpc) is 2.74. The lowest BCUT2D eigenvalue weighted by Gasteiger charge is -2.54. The van der Waals surface area contributed by atoms with Crippen LogP contribution in [-0.2, 0) is 6.42 Å². The van der Waals surface area contributed by atoms with Crippen LogP contribution in [0.15, 0.2) is 6.33 Å². The number of nitrogens with zero attached hydrogens (tertiary/aromatic N) is 2. The Kier molecular flexibility index (Phi) is 2.87. The third-order valence-electron chi connectivity index (χ3n) is 6.32. The summed E-state index contributed by atoms with van der Waals surface area (Å²) in [5.74, 6) is 5.82. The fourth-order valence-electron chi connectivity index (χ4n) is 5.57. The molecule has 0 aliphatic heterocycles. The second-order valence-corrected chi connectivity index (χ2v) is 7.88. The topological polar surface area (TPSA) is 43.8 Å². The Morgan fingerprint density at radius 3 is 2.25 bits per heavy atom. The second kappa shape index (κ2) is 4.51. The van der Waals surface area contributed by atoms with Crippen LogP contribution in [0.3, 0.4) is 0 Å². The van der Waals surface area contributed by atoms with Crippen LogP contribution >= 0.6 is 0 Å². The van der Waals surface area contributed by atoms with Gasteiger partial charge in [-0.1, -0.05) is 0 Å². The van der Waals surface area contributed by atoms with Gasteiger partial charge in [0.1, 0.15) is 5.82 Å². The van der Waals surface area contributed by atoms with Crippen molar-refractivity contribution in [3.63, 3.8) is 0 Å². The summed E-state index contributed by atoms with van der Waals surface area (Å²) in [6.45, 7) is 4.34. The Morgan fingerprint density at radius 2 is 1.75 bits per heavy atom. The molecule has 1 heterocycles. The van der Waals surface area contributed by atoms with Crippen LogP contribution in [0, 0.1) is 29.6 Å². The monoisotopic (exact) mass is 273 g/mol. The number of nitrogens with two attached hydrogens (primary N) is 1. The smallest absolute Gasteiger partial charge is 0.126 e. The van der Waals surface area contributed by atoms with Crippen molar-refractivity contribution in [1.82, 2.24) is 9.55 Å². The van der Waals surface area contributed by atoms with E-state index in [2.05, 4.69) is 23.4 Å². The summed E-state index contributed by atoms with van der Waals surface area (Å²) in [7, 11) is 0. The van der Waals surface area contributed by atoms with Crippen LogP contribution in [-0.4, -0.2) is 9.55 Å². The van der Waals surface area contributed by atoms with Crippen molar-refractivity contribution in [1.29, 1.82) is 0 Å². The summed E-state index contributed by atoms with van der Waals surface area (Å²) < 4.78 is 2.12. The van der Waals surface area contributed by atoms with Gasteiger partial charge in [0.15, 0.2) is 0 Å². The standard InChI is InChI=1S/C17H27N3/c1-10(2)20-9-19-16(17(20)18)8-15-13-4-11-3-12(6-13)7-14(15)5-11/h9-15H,3-8,18H2,1-2H3. The average molecular weight is 273 g/mol. The van der Waals surface area contributed by atoms with E-state index in [9.17, 15) is 0 Å². The maximum Gasteiger partial charge on any atom is 0.126 e. The fraction of sp³-hybridized carbons (Fsp3) is 0.824. The van der Waals surface area contributed by atoms with Gasteiger partial charge in [0.25, 0.3) is 0 Å². The molecular formula is C17H27N3.